The van der Waals surface area contributed by atoms with Gasteiger partial charge >= 0.3 is 0 Å². The maximum atomic E-state index is 4.13. The van der Waals surface area contributed by atoms with E-state index < -0.39 is 0 Å². The Morgan fingerprint density at radius 2 is 1.62 bits per heavy atom. The van der Waals surface area contributed by atoms with Gasteiger partial charge in [-0.2, -0.15) is 10.2 Å². The Kier molecular flexibility index (Phi) is 5.28. The summed E-state index contributed by atoms with van der Waals surface area (Å²) in [7, 11) is 0. The highest BCUT2D eigenvalue weighted by Gasteiger charge is 2.04. The summed E-state index contributed by atoms with van der Waals surface area (Å²) >= 11 is 0. The van der Waals surface area contributed by atoms with Crippen molar-refractivity contribution in [1.29, 1.82) is 0 Å². The molecule has 13 heavy (non-hydrogen) atoms. The molecule has 0 bridgehead atoms. The van der Waals surface area contributed by atoms with Gasteiger partial charge in [-0.1, -0.05) is 27.7 Å². The molecule has 0 atom stereocenters. The minimum absolute atomic E-state index is 0.475. The molecule has 0 fully saturated rings. The third kappa shape index (κ3) is 3.53. The second-order valence-electron chi connectivity index (χ2n) is 3.21. The molecule has 1 aromatic rings. The first-order chi connectivity index (χ1) is 6.11. The molecule has 0 saturated carbocycles. The molecule has 1 rings (SSSR count). The number of nitrogens with zero attached hydrogens (tertiary/aromatic N) is 2. The van der Waals surface area contributed by atoms with Gasteiger partial charge in [0.2, 0.25) is 0 Å². The van der Waals surface area contributed by atoms with Crippen LogP contribution < -0.4 is 0 Å². The Balaban J connectivity index is 0.000000671. The maximum Gasteiger partial charge on any atom is 0.0685 e. The third-order valence-corrected chi connectivity index (χ3v) is 1.69. The standard InChI is InChI=1S/C9H14N2.C2H6/c1-6(2)9-7(3)5-8(4)10-11-9;1-2/h5-6H,1-4H3;1-2H3. The molecule has 2 nitrogen and oxygen atoms in total. The second kappa shape index (κ2) is 5.68. The van der Waals surface area contributed by atoms with Crippen LogP contribution in [0.5, 0.6) is 0 Å². The van der Waals surface area contributed by atoms with Crippen LogP contribution in [0.1, 0.15) is 50.6 Å². The zero-order chi connectivity index (χ0) is 10.4. The van der Waals surface area contributed by atoms with E-state index in [0.29, 0.717) is 5.92 Å². The Labute approximate surface area is 81.4 Å². The van der Waals surface area contributed by atoms with E-state index in [1.807, 2.05) is 20.8 Å². The first kappa shape index (κ1) is 12.1. The normalized spacial score (nSPS) is 9.46. The van der Waals surface area contributed by atoms with Crippen molar-refractivity contribution in [3.63, 3.8) is 0 Å². The van der Waals surface area contributed by atoms with Crippen molar-refractivity contribution in [3.8, 4) is 0 Å². The molecule has 0 aliphatic carbocycles. The van der Waals surface area contributed by atoms with Crippen LogP contribution in [0.3, 0.4) is 0 Å². The maximum absolute atomic E-state index is 4.13. The average Bonchev–Trinajstić information content (AvgIpc) is 2.07. The Morgan fingerprint density at radius 3 is 2.00 bits per heavy atom. The van der Waals surface area contributed by atoms with Crippen LogP contribution in [0.2, 0.25) is 0 Å². The first-order valence-electron chi connectivity index (χ1n) is 4.92. The van der Waals surface area contributed by atoms with Crippen LogP contribution in [0.15, 0.2) is 6.07 Å². The van der Waals surface area contributed by atoms with Crippen molar-refractivity contribution in [1.82, 2.24) is 10.2 Å². The lowest BCUT2D eigenvalue weighted by Crippen LogP contribution is -1.99. The number of aryl methyl sites for hydroxylation is 2. The molecular weight excluding hydrogens is 160 g/mol. The molecule has 0 N–H and O–H groups in total. The molecule has 0 spiro atoms. The van der Waals surface area contributed by atoms with Gasteiger partial charge in [-0.05, 0) is 31.4 Å². The number of aromatic nitrogens is 2. The molecule has 0 radical (unpaired) electrons. The number of hydrogen-bond acceptors (Lipinski definition) is 2. The van der Waals surface area contributed by atoms with Gasteiger partial charge in [0, 0.05) is 0 Å². The summed E-state index contributed by atoms with van der Waals surface area (Å²) in [6, 6.07) is 2.07. The van der Waals surface area contributed by atoms with Crippen molar-refractivity contribution >= 4 is 0 Å². The quantitative estimate of drug-likeness (QED) is 0.663. The SMILES string of the molecule is CC.Cc1cc(C)c(C(C)C)nn1. The lowest BCUT2D eigenvalue weighted by Gasteiger charge is -2.06. The fourth-order valence-electron chi connectivity index (χ4n) is 1.20. The lowest BCUT2D eigenvalue weighted by molar-refractivity contribution is 0.765. The summed E-state index contributed by atoms with van der Waals surface area (Å²) in [5.74, 6) is 0.475. The minimum atomic E-state index is 0.475. The van der Waals surface area contributed by atoms with Gasteiger partial charge in [0.1, 0.15) is 0 Å². The van der Waals surface area contributed by atoms with Gasteiger partial charge in [0.05, 0.1) is 11.4 Å². The van der Waals surface area contributed by atoms with Crippen molar-refractivity contribution < 1.29 is 0 Å². The molecule has 0 aliphatic heterocycles. The lowest BCUT2D eigenvalue weighted by atomic mass is 10.1. The monoisotopic (exact) mass is 180 g/mol. The van der Waals surface area contributed by atoms with E-state index in [2.05, 4.69) is 37.0 Å². The molecule has 0 saturated heterocycles. The highest BCUT2D eigenvalue weighted by atomic mass is 15.1. The summed E-state index contributed by atoms with van der Waals surface area (Å²) in [6.07, 6.45) is 0. The van der Waals surface area contributed by atoms with E-state index >= 15 is 0 Å². The van der Waals surface area contributed by atoms with E-state index in [0.717, 1.165) is 11.4 Å². The molecule has 2 heteroatoms. The Hall–Kier alpha value is -0.920. The van der Waals surface area contributed by atoms with Crippen LogP contribution >= 0.6 is 0 Å². The molecule has 0 amide bonds. The Bertz CT molecular complexity index is 254. The minimum Gasteiger partial charge on any atom is -0.156 e. The van der Waals surface area contributed by atoms with Crippen LogP contribution in [-0.4, -0.2) is 10.2 Å². The molecule has 74 valence electrons. The van der Waals surface area contributed by atoms with E-state index in [1.165, 1.54) is 5.56 Å². The zero-order valence-electron chi connectivity index (χ0n) is 9.55. The summed E-state index contributed by atoms with van der Waals surface area (Å²) in [5.41, 5.74) is 3.34. The smallest absolute Gasteiger partial charge is 0.0685 e. The summed E-state index contributed by atoms with van der Waals surface area (Å²) in [5, 5.41) is 8.14. The third-order valence-electron chi connectivity index (χ3n) is 1.69. The fraction of sp³-hybridized carbons (Fsp3) is 0.636. The van der Waals surface area contributed by atoms with Crippen molar-refractivity contribution in [2.45, 2.75) is 47.5 Å². The largest absolute Gasteiger partial charge is 0.156 e. The molecule has 0 aliphatic rings. The van der Waals surface area contributed by atoms with Gasteiger partial charge in [-0.3, -0.25) is 0 Å². The van der Waals surface area contributed by atoms with E-state index in [4.69, 9.17) is 0 Å². The van der Waals surface area contributed by atoms with E-state index in [-0.39, 0.29) is 0 Å². The van der Waals surface area contributed by atoms with E-state index in [1.54, 1.807) is 0 Å². The van der Waals surface area contributed by atoms with Crippen LogP contribution in [0.25, 0.3) is 0 Å². The topological polar surface area (TPSA) is 25.8 Å². The Morgan fingerprint density at radius 1 is 1.08 bits per heavy atom. The average molecular weight is 180 g/mol. The molecule has 1 heterocycles. The van der Waals surface area contributed by atoms with Crippen molar-refractivity contribution in [3.05, 3.63) is 23.0 Å². The van der Waals surface area contributed by atoms with Crippen LogP contribution in [0.4, 0.5) is 0 Å². The molecule has 0 unspecified atom stereocenters. The highest BCUT2D eigenvalue weighted by Crippen LogP contribution is 2.14. The number of rotatable bonds is 1. The van der Waals surface area contributed by atoms with Crippen LogP contribution in [0, 0.1) is 13.8 Å². The fourth-order valence-corrected chi connectivity index (χ4v) is 1.20. The predicted octanol–water partition coefficient (Wildman–Crippen LogP) is 3.24. The molecular formula is C11H20N2. The van der Waals surface area contributed by atoms with Crippen LogP contribution in [-0.2, 0) is 0 Å². The summed E-state index contributed by atoms with van der Waals surface area (Å²) < 4.78 is 0. The van der Waals surface area contributed by atoms with E-state index in [9.17, 15) is 0 Å². The second-order valence-corrected chi connectivity index (χ2v) is 3.21. The first-order valence-corrected chi connectivity index (χ1v) is 4.92. The number of hydrogen-bond donors (Lipinski definition) is 0. The van der Waals surface area contributed by atoms with Gasteiger partial charge in [-0.15, -0.1) is 0 Å². The highest BCUT2D eigenvalue weighted by molar-refractivity contribution is 5.21. The predicted molar refractivity (Wildman–Crippen MR) is 56.9 cm³/mol. The summed E-state index contributed by atoms with van der Waals surface area (Å²) in [4.78, 5) is 0. The van der Waals surface area contributed by atoms with Gasteiger partial charge in [-0.25, -0.2) is 0 Å². The van der Waals surface area contributed by atoms with Gasteiger partial charge in [0.15, 0.2) is 0 Å². The summed E-state index contributed by atoms with van der Waals surface area (Å²) in [6.45, 7) is 12.3. The zero-order valence-corrected chi connectivity index (χ0v) is 9.55. The van der Waals surface area contributed by atoms with Crippen molar-refractivity contribution in [2.24, 2.45) is 0 Å². The van der Waals surface area contributed by atoms with Crippen molar-refractivity contribution in [2.75, 3.05) is 0 Å². The van der Waals surface area contributed by atoms with Gasteiger partial charge in [0.25, 0.3) is 0 Å². The molecule has 0 aromatic carbocycles. The van der Waals surface area contributed by atoms with Gasteiger partial charge < -0.3 is 0 Å². The molecule has 1 aromatic heterocycles.